The maximum Gasteiger partial charge on any atom is 0.506 e. The van der Waals surface area contributed by atoms with E-state index in [1.54, 1.807) is 13.8 Å². The van der Waals surface area contributed by atoms with Crippen LogP contribution in [0.5, 0.6) is 11.5 Å². The summed E-state index contributed by atoms with van der Waals surface area (Å²) in [6.45, 7) is 4.59. The molecule has 3 N–H and O–H groups in total. The van der Waals surface area contributed by atoms with Gasteiger partial charge < -0.3 is 29.6 Å². The van der Waals surface area contributed by atoms with E-state index < -0.39 is 25.4 Å². The quantitative estimate of drug-likeness (QED) is 0.214. The van der Waals surface area contributed by atoms with Gasteiger partial charge >= 0.3 is 6.16 Å². The lowest BCUT2D eigenvalue weighted by atomic mass is 10.0. The van der Waals surface area contributed by atoms with Crippen LogP contribution in [-0.2, 0) is 20.6 Å². The molecule has 1 unspecified atom stereocenters. The third-order valence-electron chi connectivity index (χ3n) is 4.73. The molecule has 32 heavy (non-hydrogen) atoms. The highest BCUT2D eigenvalue weighted by Gasteiger charge is 2.29. The number of hydrogen-bond acceptors (Lipinski definition) is 10. The van der Waals surface area contributed by atoms with Crippen LogP contribution in [0, 0.1) is 0 Å². The van der Waals surface area contributed by atoms with Gasteiger partial charge in [-0.15, -0.1) is 5.10 Å². The first-order chi connectivity index (χ1) is 15.1. The molecule has 176 valence electrons. The van der Waals surface area contributed by atoms with Crippen LogP contribution in [-0.4, -0.2) is 58.6 Å². The molecule has 1 atom stereocenters. The van der Waals surface area contributed by atoms with E-state index >= 15 is 0 Å². The highest BCUT2D eigenvalue weighted by atomic mass is 31.2. The summed E-state index contributed by atoms with van der Waals surface area (Å²) < 4.78 is 33.2. The molecule has 0 radical (unpaired) electrons. The van der Waals surface area contributed by atoms with E-state index in [4.69, 9.17) is 29.6 Å². The number of aromatic nitrogens is 3. The van der Waals surface area contributed by atoms with Crippen molar-refractivity contribution in [3.8, 4) is 11.5 Å². The summed E-state index contributed by atoms with van der Waals surface area (Å²) in [7, 11) is -0.0338. The summed E-state index contributed by atoms with van der Waals surface area (Å²) in [6.07, 6.45) is -2.02. The number of benzene rings is 1. The van der Waals surface area contributed by atoms with Gasteiger partial charge in [-0.05, 0) is 13.0 Å². The minimum Gasteiger partial charge on any atom is -0.493 e. The molecule has 0 aliphatic rings. The van der Waals surface area contributed by atoms with Crippen molar-refractivity contribution in [3.05, 3.63) is 29.1 Å². The molecule has 2 rings (SSSR count). The van der Waals surface area contributed by atoms with Crippen LogP contribution < -0.4 is 15.2 Å². The number of hydrogen-bond donors (Lipinski definition) is 2. The summed E-state index contributed by atoms with van der Waals surface area (Å²) in [6, 6.07) is 2.82. The second-order valence-electron chi connectivity index (χ2n) is 6.66. The molecular formula is C19H27N4O8P. The van der Waals surface area contributed by atoms with Crippen molar-refractivity contribution >= 4 is 25.0 Å². The van der Waals surface area contributed by atoms with Gasteiger partial charge in [0.05, 0.1) is 19.8 Å². The second kappa shape index (κ2) is 10.5. The second-order valence-corrected chi connectivity index (χ2v) is 9.81. The normalized spacial score (nSPS) is 12.3. The molecule has 2 aromatic rings. The number of nitrogens with two attached hydrogens (primary N) is 1. The summed E-state index contributed by atoms with van der Waals surface area (Å²) in [5.41, 5.74) is 5.94. The number of nitrogens with zero attached hydrogens (tertiary/aromatic N) is 3. The number of carboxylic acid groups (broad SMARTS) is 1. The number of methoxy groups -OCH3 is 2. The van der Waals surface area contributed by atoms with E-state index in [0.717, 1.165) is 4.80 Å². The predicted octanol–water partition coefficient (Wildman–Crippen LogP) is 3.16. The number of ether oxygens (including phenoxy) is 3. The fraction of sp³-hybridized carbons (Fsp3) is 0.474. The lowest BCUT2D eigenvalue weighted by Gasteiger charge is -2.13. The zero-order valence-corrected chi connectivity index (χ0v) is 19.4. The van der Waals surface area contributed by atoms with Crippen LogP contribution in [0.3, 0.4) is 0 Å². The fourth-order valence-corrected chi connectivity index (χ4v) is 3.97. The van der Waals surface area contributed by atoms with Gasteiger partial charge in [0.2, 0.25) is 13.2 Å². The zero-order valence-electron chi connectivity index (χ0n) is 18.5. The largest absolute Gasteiger partial charge is 0.506 e. The van der Waals surface area contributed by atoms with Crippen molar-refractivity contribution in [2.45, 2.75) is 33.6 Å². The molecular weight excluding hydrogens is 443 g/mol. The van der Waals surface area contributed by atoms with Gasteiger partial charge in [-0.3, -0.25) is 9.36 Å². The number of nitrogen functional groups attached to an aromatic ring is 1. The molecule has 0 fully saturated rings. The van der Waals surface area contributed by atoms with Crippen LogP contribution in [0.4, 0.5) is 10.5 Å². The fourth-order valence-electron chi connectivity index (χ4n) is 2.84. The number of ketones is 1. The first kappa shape index (κ1) is 25.2. The van der Waals surface area contributed by atoms with Crippen molar-refractivity contribution in [1.82, 2.24) is 15.0 Å². The minimum absolute atomic E-state index is 0.0435. The summed E-state index contributed by atoms with van der Waals surface area (Å²) in [4.78, 5) is 25.3. The average molecular weight is 470 g/mol. The Morgan fingerprint density at radius 1 is 1.16 bits per heavy atom. The van der Waals surface area contributed by atoms with Crippen molar-refractivity contribution in [3.63, 3.8) is 0 Å². The van der Waals surface area contributed by atoms with E-state index in [9.17, 15) is 14.2 Å². The molecule has 0 bridgehead atoms. The van der Waals surface area contributed by atoms with E-state index in [1.807, 2.05) is 0 Å². The van der Waals surface area contributed by atoms with E-state index in [1.165, 1.54) is 33.3 Å². The molecule has 0 spiro atoms. The third kappa shape index (κ3) is 5.57. The van der Waals surface area contributed by atoms with Crippen LogP contribution in [0.2, 0.25) is 0 Å². The van der Waals surface area contributed by atoms with Gasteiger partial charge in [0.1, 0.15) is 11.8 Å². The predicted molar refractivity (Wildman–Crippen MR) is 115 cm³/mol. The van der Waals surface area contributed by atoms with Crippen LogP contribution in [0.15, 0.2) is 12.1 Å². The van der Waals surface area contributed by atoms with Crippen LogP contribution >= 0.6 is 7.37 Å². The van der Waals surface area contributed by atoms with Gasteiger partial charge in [0.25, 0.3) is 0 Å². The number of carbonyl (C=O) groups is 2. The van der Waals surface area contributed by atoms with Gasteiger partial charge in [-0.1, -0.05) is 13.8 Å². The van der Waals surface area contributed by atoms with Gasteiger partial charge in [-0.2, -0.15) is 9.90 Å². The van der Waals surface area contributed by atoms with E-state index in [-0.39, 0.29) is 35.1 Å². The monoisotopic (exact) mass is 470 g/mol. The SMILES string of the molecule is CCP(=O)(CC)OCn1nc(C(=O)c2cc(OC)c(OC)cc2N)c(C(C)OC(=O)O)n1. The highest BCUT2D eigenvalue weighted by molar-refractivity contribution is 7.58. The summed E-state index contributed by atoms with van der Waals surface area (Å²) in [5.74, 6) is -0.0417. The number of rotatable bonds is 11. The van der Waals surface area contributed by atoms with Crippen LogP contribution in [0.1, 0.15) is 48.6 Å². The lowest BCUT2D eigenvalue weighted by molar-refractivity contribution is 0.0560. The Labute approximate surface area is 185 Å². The minimum atomic E-state index is -2.87. The van der Waals surface area contributed by atoms with E-state index in [2.05, 4.69) is 10.2 Å². The van der Waals surface area contributed by atoms with Crippen molar-refractivity contribution in [1.29, 1.82) is 0 Å². The first-order valence-electron chi connectivity index (χ1n) is 9.72. The van der Waals surface area contributed by atoms with Crippen molar-refractivity contribution < 1.29 is 38.0 Å². The van der Waals surface area contributed by atoms with Crippen molar-refractivity contribution in [2.75, 3.05) is 32.3 Å². The summed E-state index contributed by atoms with van der Waals surface area (Å²) >= 11 is 0. The molecule has 13 heteroatoms. The highest BCUT2D eigenvalue weighted by Crippen LogP contribution is 2.46. The third-order valence-corrected chi connectivity index (χ3v) is 7.24. The number of carbonyl (C=O) groups excluding carboxylic acids is 1. The smallest absolute Gasteiger partial charge is 0.493 e. The molecule has 1 heterocycles. The molecule has 0 aliphatic carbocycles. The van der Waals surface area contributed by atoms with Gasteiger partial charge in [0.15, 0.2) is 23.9 Å². The zero-order chi connectivity index (χ0) is 24.1. The average Bonchev–Trinajstić information content (AvgIpc) is 3.21. The Morgan fingerprint density at radius 2 is 1.75 bits per heavy atom. The number of anilines is 1. The standard InChI is InChI=1S/C19H27N4O8P/c1-6-32(27,7-2)30-10-23-21-16(11(3)31-19(25)26)17(22-23)18(24)12-8-14(28-4)15(29-5)9-13(12)20/h8-9,11H,6-7,10,20H2,1-5H3,(H,25,26). The Kier molecular flexibility index (Phi) is 8.23. The molecule has 12 nitrogen and oxygen atoms in total. The Morgan fingerprint density at radius 3 is 2.28 bits per heavy atom. The molecule has 0 aliphatic heterocycles. The maximum atomic E-state index is 13.3. The molecule has 0 saturated heterocycles. The van der Waals surface area contributed by atoms with Crippen LogP contribution in [0.25, 0.3) is 0 Å². The Hall–Kier alpha value is -3.11. The molecule has 1 aromatic heterocycles. The van der Waals surface area contributed by atoms with Crippen molar-refractivity contribution in [2.24, 2.45) is 0 Å². The Bertz CT molecular complexity index is 1030. The molecule has 1 aromatic carbocycles. The topological polar surface area (TPSA) is 165 Å². The Balaban J connectivity index is 2.50. The summed E-state index contributed by atoms with van der Waals surface area (Å²) in [5, 5.41) is 17.2. The van der Waals surface area contributed by atoms with E-state index in [0.29, 0.717) is 18.1 Å². The first-order valence-corrected chi connectivity index (χ1v) is 11.7. The van der Waals surface area contributed by atoms with Gasteiger partial charge in [0, 0.05) is 24.1 Å². The maximum absolute atomic E-state index is 13.3. The molecule has 0 saturated carbocycles. The lowest BCUT2D eigenvalue weighted by Crippen LogP contribution is -2.13. The molecule has 0 amide bonds. The van der Waals surface area contributed by atoms with Gasteiger partial charge in [-0.25, -0.2) is 4.79 Å².